The molecule has 0 aliphatic rings. The number of aromatic nitrogens is 4. The van der Waals surface area contributed by atoms with Gasteiger partial charge in [-0.1, -0.05) is 0 Å². The van der Waals surface area contributed by atoms with E-state index in [9.17, 15) is 0 Å². The van der Waals surface area contributed by atoms with Crippen LogP contribution >= 0.6 is 11.3 Å². The Bertz CT molecular complexity index is 448. The average Bonchev–Trinajstić information content (AvgIpc) is 2.83. The van der Waals surface area contributed by atoms with Crippen molar-refractivity contribution < 1.29 is 0 Å². The minimum atomic E-state index is 0.822. The SMILES string of the molecule is Cc1nc(CNCCc2ncnn2C)cs1. The largest absolute Gasteiger partial charge is 0.311 e. The lowest BCUT2D eigenvalue weighted by molar-refractivity contribution is 0.629. The van der Waals surface area contributed by atoms with Crippen LogP contribution in [0, 0.1) is 6.92 Å². The van der Waals surface area contributed by atoms with Crippen LogP contribution in [-0.4, -0.2) is 26.3 Å². The molecule has 2 aromatic rings. The molecule has 0 atom stereocenters. The van der Waals surface area contributed by atoms with Crippen molar-refractivity contribution >= 4 is 11.3 Å². The average molecular weight is 237 g/mol. The van der Waals surface area contributed by atoms with Gasteiger partial charge in [0.2, 0.25) is 0 Å². The van der Waals surface area contributed by atoms with Crippen molar-refractivity contribution in [1.82, 2.24) is 25.1 Å². The molecule has 0 saturated carbocycles. The Morgan fingerprint density at radius 1 is 1.50 bits per heavy atom. The first-order chi connectivity index (χ1) is 7.75. The summed E-state index contributed by atoms with van der Waals surface area (Å²) >= 11 is 1.69. The first-order valence-corrected chi connectivity index (χ1v) is 6.08. The van der Waals surface area contributed by atoms with E-state index in [-0.39, 0.29) is 0 Å². The molecule has 2 heterocycles. The lowest BCUT2D eigenvalue weighted by Gasteiger charge is -2.02. The molecule has 5 nitrogen and oxygen atoms in total. The normalized spacial score (nSPS) is 10.9. The van der Waals surface area contributed by atoms with Crippen LogP contribution < -0.4 is 5.32 Å². The topological polar surface area (TPSA) is 55.6 Å². The lowest BCUT2D eigenvalue weighted by atomic mass is 10.4. The van der Waals surface area contributed by atoms with Crippen molar-refractivity contribution in [3.63, 3.8) is 0 Å². The maximum absolute atomic E-state index is 4.39. The molecule has 86 valence electrons. The summed E-state index contributed by atoms with van der Waals surface area (Å²) < 4.78 is 1.80. The van der Waals surface area contributed by atoms with Crippen molar-refractivity contribution in [2.75, 3.05) is 6.54 Å². The highest BCUT2D eigenvalue weighted by molar-refractivity contribution is 7.09. The number of hydrogen-bond acceptors (Lipinski definition) is 5. The van der Waals surface area contributed by atoms with Gasteiger partial charge in [-0.05, 0) is 6.92 Å². The van der Waals surface area contributed by atoms with Crippen LogP contribution in [0.1, 0.15) is 16.5 Å². The molecule has 0 unspecified atom stereocenters. The molecule has 0 saturated heterocycles. The van der Waals surface area contributed by atoms with Crippen LogP contribution in [0.4, 0.5) is 0 Å². The number of nitrogens with one attached hydrogen (secondary N) is 1. The fourth-order valence-corrected chi connectivity index (χ4v) is 2.07. The molecule has 0 bridgehead atoms. The van der Waals surface area contributed by atoms with Crippen LogP contribution in [-0.2, 0) is 20.0 Å². The zero-order valence-electron chi connectivity index (χ0n) is 9.47. The maximum Gasteiger partial charge on any atom is 0.138 e. The van der Waals surface area contributed by atoms with Gasteiger partial charge in [-0.3, -0.25) is 4.68 Å². The minimum Gasteiger partial charge on any atom is -0.311 e. The van der Waals surface area contributed by atoms with E-state index in [1.165, 1.54) is 0 Å². The van der Waals surface area contributed by atoms with Crippen molar-refractivity contribution in [2.45, 2.75) is 19.9 Å². The fraction of sp³-hybridized carbons (Fsp3) is 0.500. The van der Waals surface area contributed by atoms with Gasteiger partial charge >= 0.3 is 0 Å². The summed E-state index contributed by atoms with van der Waals surface area (Å²) in [6.07, 6.45) is 2.47. The molecule has 6 heteroatoms. The van der Waals surface area contributed by atoms with Gasteiger partial charge < -0.3 is 5.32 Å². The number of thiazole rings is 1. The second kappa shape index (κ2) is 5.18. The maximum atomic E-state index is 4.39. The molecular formula is C10H15N5S. The quantitative estimate of drug-likeness (QED) is 0.785. The fourth-order valence-electron chi connectivity index (χ4n) is 1.45. The lowest BCUT2D eigenvalue weighted by Crippen LogP contribution is -2.18. The van der Waals surface area contributed by atoms with Crippen molar-refractivity contribution in [3.8, 4) is 0 Å². The standard InChI is InChI=1S/C10H15N5S/c1-8-14-9(6-16-8)5-11-4-3-10-12-7-13-15(10)2/h6-7,11H,3-5H2,1-2H3. The van der Waals surface area contributed by atoms with E-state index in [0.29, 0.717) is 0 Å². The Morgan fingerprint density at radius 3 is 3.00 bits per heavy atom. The third-order valence-corrected chi connectivity index (χ3v) is 3.13. The second-order valence-electron chi connectivity index (χ2n) is 3.58. The van der Waals surface area contributed by atoms with Crippen LogP contribution in [0.15, 0.2) is 11.7 Å². The molecule has 0 aliphatic carbocycles. The van der Waals surface area contributed by atoms with E-state index in [0.717, 1.165) is 36.0 Å². The van der Waals surface area contributed by atoms with Gasteiger partial charge in [-0.2, -0.15) is 5.10 Å². The highest BCUT2D eigenvalue weighted by Gasteiger charge is 2.00. The van der Waals surface area contributed by atoms with Crippen molar-refractivity contribution in [2.24, 2.45) is 7.05 Å². The van der Waals surface area contributed by atoms with Crippen LogP contribution in [0.3, 0.4) is 0 Å². The summed E-state index contributed by atoms with van der Waals surface area (Å²) in [5.41, 5.74) is 1.11. The third kappa shape index (κ3) is 2.86. The zero-order valence-corrected chi connectivity index (χ0v) is 10.3. The minimum absolute atomic E-state index is 0.822. The van der Waals surface area contributed by atoms with Crippen molar-refractivity contribution in [3.05, 3.63) is 28.2 Å². The summed E-state index contributed by atoms with van der Waals surface area (Å²) in [5.74, 6) is 1.00. The summed E-state index contributed by atoms with van der Waals surface area (Å²) in [7, 11) is 1.91. The Balaban J connectivity index is 1.71. The van der Waals surface area contributed by atoms with E-state index in [4.69, 9.17) is 0 Å². The van der Waals surface area contributed by atoms with Crippen LogP contribution in [0.25, 0.3) is 0 Å². The summed E-state index contributed by atoms with van der Waals surface area (Å²) in [4.78, 5) is 8.55. The van der Waals surface area contributed by atoms with Gasteiger partial charge in [0.05, 0.1) is 10.7 Å². The number of hydrogen-bond donors (Lipinski definition) is 1. The van der Waals surface area contributed by atoms with Gasteiger partial charge in [0, 0.05) is 31.9 Å². The number of nitrogens with zero attached hydrogens (tertiary/aromatic N) is 4. The Labute approximate surface area is 98.5 Å². The molecule has 2 aromatic heterocycles. The zero-order chi connectivity index (χ0) is 11.4. The van der Waals surface area contributed by atoms with Gasteiger partial charge in [0.1, 0.15) is 12.2 Å². The molecule has 1 N–H and O–H groups in total. The van der Waals surface area contributed by atoms with Gasteiger partial charge in [-0.15, -0.1) is 11.3 Å². The molecule has 0 fully saturated rings. The molecule has 0 spiro atoms. The predicted molar refractivity (Wildman–Crippen MR) is 63.3 cm³/mol. The van der Waals surface area contributed by atoms with Gasteiger partial charge in [0.25, 0.3) is 0 Å². The van der Waals surface area contributed by atoms with Gasteiger partial charge in [0.15, 0.2) is 0 Å². The van der Waals surface area contributed by atoms with Crippen LogP contribution in [0.2, 0.25) is 0 Å². The molecule has 2 rings (SSSR count). The Morgan fingerprint density at radius 2 is 2.38 bits per heavy atom. The smallest absolute Gasteiger partial charge is 0.138 e. The Kier molecular flexibility index (Phi) is 3.63. The van der Waals surface area contributed by atoms with E-state index in [1.54, 1.807) is 22.3 Å². The number of rotatable bonds is 5. The molecule has 0 aliphatic heterocycles. The van der Waals surface area contributed by atoms with Crippen molar-refractivity contribution in [1.29, 1.82) is 0 Å². The number of aryl methyl sites for hydroxylation is 2. The van der Waals surface area contributed by atoms with Crippen LogP contribution in [0.5, 0.6) is 0 Å². The third-order valence-electron chi connectivity index (χ3n) is 2.30. The van der Waals surface area contributed by atoms with E-state index in [2.05, 4.69) is 25.8 Å². The summed E-state index contributed by atoms with van der Waals surface area (Å²) in [5, 5.41) is 10.6. The summed E-state index contributed by atoms with van der Waals surface area (Å²) in [6, 6.07) is 0. The summed E-state index contributed by atoms with van der Waals surface area (Å²) in [6.45, 7) is 3.74. The molecular weight excluding hydrogens is 222 g/mol. The first kappa shape index (κ1) is 11.2. The predicted octanol–water partition coefficient (Wildman–Crippen LogP) is 0.912. The van der Waals surface area contributed by atoms with E-state index >= 15 is 0 Å². The molecule has 0 radical (unpaired) electrons. The Hall–Kier alpha value is -1.27. The van der Waals surface area contributed by atoms with E-state index in [1.807, 2.05) is 14.0 Å². The molecule has 16 heavy (non-hydrogen) atoms. The molecule has 0 aromatic carbocycles. The highest BCUT2D eigenvalue weighted by Crippen LogP contribution is 2.07. The first-order valence-electron chi connectivity index (χ1n) is 5.20. The van der Waals surface area contributed by atoms with Gasteiger partial charge in [-0.25, -0.2) is 9.97 Å². The highest BCUT2D eigenvalue weighted by atomic mass is 32.1. The van der Waals surface area contributed by atoms with E-state index < -0.39 is 0 Å². The second-order valence-corrected chi connectivity index (χ2v) is 4.65. The monoisotopic (exact) mass is 237 g/mol. The molecule has 0 amide bonds.